The molecule has 1 aromatic heterocycles. The molecule has 0 spiro atoms. The third-order valence-electron chi connectivity index (χ3n) is 5.60. The van der Waals surface area contributed by atoms with Crippen molar-refractivity contribution in [2.24, 2.45) is 29.6 Å². The van der Waals surface area contributed by atoms with Crippen LogP contribution in [0.2, 0.25) is 0 Å². The first-order valence-electron chi connectivity index (χ1n) is 7.62. The Kier molecular flexibility index (Phi) is 2.68. The highest BCUT2D eigenvalue weighted by atomic mass is 16.5. The van der Waals surface area contributed by atoms with E-state index in [-0.39, 0.29) is 0 Å². The lowest BCUT2D eigenvalue weighted by Crippen LogP contribution is -2.47. The maximum Gasteiger partial charge on any atom is 0.215 e. The summed E-state index contributed by atoms with van der Waals surface area (Å²) in [7, 11) is 0. The van der Waals surface area contributed by atoms with Crippen LogP contribution in [-0.2, 0) is 0 Å². The summed E-state index contributed by atoms with van der Waals surface area (Å²) in [5.41, 5.74) is 6.49. The van der Waals surface area contributed by atoms with Crippen LogP contribution in [-0.4, -0.2) is 11.6 Å². The molecule has 0 aromatic carbocycles. The van der Waals surface area contributed by atoms with Crippen molar-refractivity contribution in [3.63, 3.8) is 0 Å². The normalized spacial score (nSPS) is 39.5. The fraction of sp³-hybridized carbons (Fsp3) is 0.688. The van der Waals surface area contributed by atoms with Gasteiger partial charge in [0, 0.05) is 18.0 Å². The van der Waals surface area contributed by atoms with E-state index in [1.807, 2.05) is 6.07 Å². The van der Waals surface area contributed by atoms with Crippen LogP contribution in [0.4, 0.5) is 5.69 Å². The average molecular weight is 258 g/mol. The van der Waals surface area contributed by atoms with Gasteiger partial charge >= 0.3 is 0 Å². The number of ether oxygens (including phenoxy) is 1. The molecule has 0 aliphatic heterocycles. The Morgan fingerprint density at radius 3 is 2.42 bits per heavy atom. The fourth-order valence-corrected chi connectivity index (χ4v) is 5.00. The Labute approximate surface area is 114 Å². The van der Waals surface area contributed by atoms with E-state index in [1.54, 1.807) is 12.3 Å². The van der Waals surface area contributed by atoms with Gasteiger partial charge in [-0.25, -0.2) is 4.98 Å². The van der Waals surface area contributed by atoms with E-state index in [0.29, 0.717) is 5.88 Å². The standard InChI is InChI=1S/C16H22N2O/c17-14-1-2-18-16(8-14)19-9-15-12-4-10-3-11(6-12)7-13(15)5-10/h1-2,8,10-13,15H,3-7,9H2,(H2,17,18). The van der Waals surface area contributed by atoms with E-state index in [1.165, 1.54) is 32.1 Å². The molecule has 0 unspecified atom stereocenters. The summed E-state index contributed by atoms with van der Waals surface area (Å²) in [6.45, 7) is 0.839. The SMILES string of the molecule is Nc1ccnc(OCC2C3CC4CC(C3)CC2C4)c1. The zero-order chi connectivity index (χ0) is 12.8. The van der Waals surface area contributed by atoms with E-state index in [2.05, 4.69) is 4.98 Å². The van der Waals surface area contributed by atoms with Gasteiger partial charge in [-0.15, -0.1) is 0 Å². The molecule has 4 saturated carbocycles. The van der Waals surface area contributed by atoms with Crippen LogP contribution in [0.25, 0.3) is 0 Å². The molecule has 5 rings (SSSR count). The van der Waals surface area contributed by atoms with Gasteiger partial charge in [0.15, 0.2) is 0 Å². The van der Waals surface area contributed by atoms with Gasteiger partial charge in [0.25, 0.3) is 0 Å². The summed E-state index contributed by atoms with van der Waals surface area (Å²) in [5.74, 6) is 5.34. The van der Waals surface area contributed by atoms with Gasteiger partial charge in [-0.1, -0.05) is 0 Å². The molecule has 1 aromatic rings. The number of nitrogen functional groups attached to an aromatic ring is 1. The first kappa shape index (κ1) is 11.6. The predicted octanol–water partition coefficient (Wildman–Crippen LogP) is 3.11. The van der Waals surface area contributed by atoms with E-state index in [9.17, 15) is 0 Å². The van der Waals surface area contributed by atoms with Gasteiger partial charge in [0.1, 0.15) is 0 Å². The van der Waals surface area contributed by atoms with Crippen LogP contribution in [0, 0.1) is 29.6 Å². The van der Waals surface area contributed by atoms with Crippen molar-refractivity contribution >= 4 is 5.69 Å². The molecule has 0 atom stereocenters. The molecule has 3 nitrogen and oxygen atoms in total. The average Bonchev–Trinajstić information content (AvgIpc) is 2.37. The summed E-state index contributed by atoms with van der Waals surface area (Å²) < 4.78 is 5.92. The van der Waals surface area contributed by atoms with Gasteiger partial charge in [0.05, 0.1) is 6.61 Å². The zero-order valence-electron chi connectivity index (χ0n) is 11.3. The highest BCUT2D eigenvalue weighted by Crippen LogP contribution is 2.56. The van der Waals surface area contributed by atoms with Gasteiger partial charge in [-0.2, -0.15) is 0 Å². The van der Waals surface area contributed by atoms with E-state index >= 15 is 0 Å². The second-order valence-corrected chi connectivity index (χ2v) is 6.83. The smallest absolute Gasteiger partial charge is 0.215 e. The van der Waals surface area contributed by atoms with E-state index in [0.717, 1.165) is 41.9 Å². The lowest BCUT2D eigenvalue weighted by molar-refractivity contribution is -0.0534. The molecule has 4 aliphatic rings. The number of pyridine rings is 1. The van der Waals surface area contributed by atoms with Crippen LogP contribution < -0.4 is 10.5 Å². The minimum absolute atomic E-state index is 0.689. The minimum atomic E-state index is 0.689. The topological polar surface area (TPSA) is 48.1 Å². The van der Waals surface area contributed by atoms with Crippen molar-refractivity contribution in [3.05, 3.63) is 18.3 Å². The van der Waals surface area contributed by atoms with Crippen molar-refractivity contribution in [3.8, 4) is 5.88 Å². The van der Waals surface area contributed by atoms with Crippen molar-refractivity contribution in [2.45, 2.75) is 32.1 Å². The second kappa shape index (κ2) is 4.39. The number of rotatable bonds is 3. The van der Waals surface area contributed by atoms with Crippen LogP contribution in [0.5, 0.6) is 5.88 Å². The first-order chi connectivity index (χ1) is 9.28. The molecule has 2 N–H and O–H groups in total. The number of hydrogen-bond acceptors (Lipinski definition) is 3. The Morgan fingerprint density at radius 1 is 1.11 bits per heavy atom. The summed E-state index contributed by atoms with van der Waals surface area (Å²) in [6.07, 6.45) is 9.03. The molecule has 102 valence electrons. The van der Waals surface area contributed by atoms with Crippen molar-refractivity contribution < 1.29 is 4.74 Å². The highest BCUT2D eigenvalue weighted by molar-refractivity contribution is 5.39. The molecule has 1 heterocycles. The first-order valence-corrected chi connectivity index (χ1v) is 7.62. The number of nitrogens with two attached hydrogens (primary N) is 1. The Bertz CT molecular complexity index is 446. The number of hydrogen-bond donors (Lipinski definition) is 1. The van der Waals surface area contributed by atoms with Gasteiger partial charge < -0.3 is 10.5 Å². The lowest BCUT2D eigenvalue weighted by Gasteiger charge is -2.54. The molecule has 0 amide bonds. The fourth-order valence-electron chi connectivity index (χ4n) is 5.00. The van der Waals surface area contributed by atoms with Crippen molar-refractivity contribution in [1.82, 2.24) is 4.98 Å². The molecule has 0 saturated heterocycles. The molecular weight excluding hydrogens is 236 g/mol. The summed E-state index contributed by atoms with van der Waals surface area (Å²) in [4.78, 5) is 4.24. The van der Waals surface area contributed by atoms with E-state index < -0.39 is 0 Å². The summed E-state index contributed by atoms with van der Waals surface area (Å²) >= 11 is 0. The maximum absolute atomic E-state index is 5.92. The highest BCUT2D eigenvalue weighted by Gasteiger charge is 2.48. The molecule has 4 fully saturated rings. The minimum Gasteiger partial charge on any atom is -0.477 e. The molecule has 3 heteroatoms. The van der Waals surface area contributed by atoms with Gasteiger partial charge in [0.2, 0.25) is 5.88 Å². The summed E-state index contributed by atoms with van der Waals surface area (Å²) in [5, 5.41) is 0. The molecular formula is C16H22N2O. The van der Waals surface area contributed by atoms with Crippen LogP contribution in [0.1, 0.15) is 32.1 Å². The Balaban J connectivity index is 1.43. The van der Waals surface area contributed by atoms with Crippen molar-refractivity contribution in [1.29, 1.82) is 0 Å². The number of anilines is 1. The molecule has 19 heavy (non-hydrogen) atoms. The van der Waals surface area contributed by atoms with Gasteiger partial charge in [-0.3, -0.25) is 0 Å². The maximum atomic E-state index is 5.92. The predicted molar refractivity (Wildman–Crippen MR) is 74.7 cm³/mol. The quantitative estimate of drug-likeness (QED) is 0.906. The molecule has 4 aliphatic carbocycles. The molecule has 4 bridgehead atoms. The Morgan fingerprint density at radius 2 is 1.79 bits per heavy atom. The third kappa shape index (κ3) is 2.09. The number of nitrogens with zero attached hydrogens (tertiary/aromatic N) is 1. The lowest BCUT2D eigenvalue weighted by atomic mass is 9.52. The van der Waals surface area contributed by atoms with E-state index in [4.69, 9.17) is 10.5 Å². The molecule has 0 radical (unpaired) electrons. The largest absolute Gasteiger partial charge is 0.477 e. The summed E-state index contributed by atoms with van der Waals surface area (Å²) in [6, 6.07) is 3.63. The van der Waals surface area contributed by atoms with Gasteiger partial charge in [-0.05, 0) is 67.8 Å². The van der Waals surface area contributed by atoms with Crippen LogP contribution >= 0.6 is 0 Å². The third-order valence-corrected chi connectivity index (χ3v) is 5.60. The number of aromatic nitrogens is 1. The zero-order valence-corrected chi connectivity index (χ0v) is 11.3. The Hall–Kier alpha value is -1.25. The second-order valence-electron chi connectivity index (χ2n) is 6.83. The van der Waals surface area contributed by atoms with Crippen LogP contribution in [0.15, 0.2) is 18.3 Å². The van der Waals surface area contributed by atoms with Crippen LogP contribution in [0.3, 0.4) is 0 Å². The monoisotopic (exact) mass is 258 g/mol. The van der Waals surface area contributed by atoms with Crippen molar-refractivity contribution in [2.75, 3.05) is 12.3 Å².